The fourth-order valence-corrected chi connectivity index (χ4v) is 3.51. The Kier molecular flexibility index (Phi) is 6.31. The van der Waals surface area contributed by atoms with Crippen molar-refractivity contribution in [3.63, 3.8) is 0 Å². The molecule has 7 heteroatoms. The zero-order chi connectivity index (χ0) is 20.9. The Hall–Kier alpha value is -3.16. The molecule has 0 N–H and O–H groups in total. The van der Waals surface area contributed by atoms with Gasteiger partial charge in [0, 0.05) is 19.7 Å². The van der Waals surface area contributed by atoms with Gasteiger partial charge in [0.1, 0.15) is 18.1 Å². The molecule has 0 aliphatic heterocycles. The van der Waals surface area contributed by atoms with Crippen molar-refractivity contribution in [2.45, 2.75) is 11.5 Å². The number of benzene rings is 3. The minimum Gasteiger partial charge on any atom is -0.457 e. The van der Waals surface area contributed by atoms with E-state index in [1.807, 2.05) is 42.5 Å². The monoisotopic (exact) mass is 411 g/mol. The molecule has 0 unspecified atom stereocenters. The second-order valence-corrected chi connectivity index (χ2v) is 8.57. The first-order chi connectivity index (χ1) is 13.9. The van der Waals surface area contributed by atoms with Crippen LogP contribution in [0.15, 0.2) is 83.8 Å². The molecule has 0 aliphatic rings. The van der Waals surface area contributed by atoms with Crippen LogP contribution >= 0.6 is 0 Å². The van der Waals surface area contributed by atoms with Gasteiger partial charge in [0.15, 0.2) is 0 Å². The Morgan fingerprint density at radius 1 is 0.897 bits per heavy atom. The minimum absolute atomic E-state index is 0.00744. The van der Waals surface area contributed by atoms with Crippen molar-refractivity contribution in [3.8, 4) is 11.5 Å². The molecule has 3 rings (SSSR count). The maximum Gasteiger partial charge on any atom is 0.338 e. The summed E-state index contributed by atoms with van der Waals surface area (Å²) in [6, 6.07) is 22.3. The molecular formula is C22H21NO5S. The molecule has 0 radical (unpaired) electrons. The van der Waals surface area contributed by atoms with E-state index in [0.29, 0.717) is 17.1 Å². The summed E-state index contributed by atoms with van der Waals surface area (Å²) >= 11 is 0. The predicted molar refractivity (Wildman–Crippen MR) is 109 cm³/mol. The molecule has 0 saturated carbocycles. The van der Waals surface area contributed by atoms with E-state index in [4.69, 9.17) is 9.47 Å². The first kappa shape index (κ1) is 20.6. The Bertz CT molecular complexity index is 1090. The number of sulfonamides is 1. The molecule has 0 aliphatic carbocycles. The molecule has 6 nitrogen and oxygen atoms in total. The van der Waals surface area contributed by atoms with Crippen LogP contribution in [0.2, 0.25) is 0 Å². The van der Waals surface area contributed by atoms with Gasteiger partial charge in [0.05, 0.1) is 10.5 Å². The lowest BCUT2D eigenvalue weighted by Crippen LogP contribution is -2.22. The van der Waals surface area contributed by atoms with Gasteiger partial charge in [0.25, 0.3) is 0 Å². The lowest BCUT2D eigenvalue weighted by Gasteiger charge is -2.13. The Balaban J connectivity index is 1.74. The number of rotatable bonds is 7. The van der Waals surface area contributed by atoms with Crippen LogP contribution in [0.4, 0.5) is 0 Å². The summed E-state index contributed by atoms with van der Waals surface area (Å²) in [7, 11) is -0.767. The minimum atomic E-state index is -3.64. The highest BCUT2D eigenvalue weighted by Gasteiger charge is 2.19. The van der Waals surface area contributed by atoms with Crippen LogP contribution in [-0.2, 0) is 21.4 Å². The molecule has 0 amide bonds. The summed E-state index contributed by atoms with van der Waals surface area (Å²) in [5.74, 6) is 0.638. The van der Waals surface area contributed by atoms with Crippen molar-refractivity contribution >= 4 is 16.0 Å². The first-order valence-electron chi connectivity index (χ1n) is 8.88. The highest BCUT2D eigenvalue weighted by molar-refractivity contribution is 7.89. The molecule has 0 saturated heterocycles. The smallest absolute Gasteiger partial charge is 0.338 e. The SMILES string of the molecule is CN(C)S(=O)(=O)c1cccc(C(=O)OCc2ccccc2Oc2ccccc2)c1. The van der Waals surface area contributed by atoms with E-state index in [0.717, 1.165) is 4.31 Å². The fraction of sp³-hybridized carbons (Fsp3) is 0.136. The van der Waals surface area contributed by atoms with E-state index in [9.17, 15) is 13.2 Å². The highest BCUT2D eigenvalue weighted by atomic mass is 32.2. The van der Waals surface area contributed by atoms with Gasteiger partial charge in [-0.3, -0.25) is 0 Å². The van der Waals surface area contributed by atoms with Gasteiger partial charge in [-0.25, -0.2) is 17.5 Å². The average Bonchev–Trinajstić information content (AvgIpc) is 2.73. The number of ether oxygens (including phenoxy) is 2. The van der Waals surface area contributed by atoms with Crippen LogP contribution in [-0.4, -0.2) is 32.8 Å². The zero-order valence-electron chi connectivity index (χ0n) is 16.1. The Labute approximate surface area is 170 Å². The van der Waals surface area contributed by atoms with Crippen LogP contribution in [0.3, 0.4) is 0 Å². The number of nitrogens with zero attached hydrogens (tertiary/aromatic N) is 1. The van der Waals surface area contributed by atoms with Gasteiger partial charge in [0.2, 0.25) is 10.0 Å². The summed E-state index contributed by atoms with van der Waals surface area (Å²) in [5.41, 5.74) is 0.858. The summed E-state index contributed by atoms with van der Waals surface area (Å²) in [6.45, 7) is -0.00744. The van der Waals surface area contributed by atoms with Gasteiger partial charge < -0.3 is 9.47 Å². The number of hydrogen-bond donors (Lipinski definition) is 0. The van der Waals surface area contributed by atoms with Gasteiger partial charge in [-0.05, 0) is 36.4 Å². The van der Waals surface area contributed by atoms with E-state index >= 15 is 0 Å². The first-order valence-corrected chi connectivity index (χ1v) is 10.3. The Morgan fingerprint density at radius 2 is 1.59 bits per heavy atom. The van der Waals surface area contributed by atoms with Gasteiger partial charge in [-0.1, -0.05) is 42.5 Å². The standard InChI is InChI=1S/C22H21NO5S/c1-23(2)29(25,26)20-13-8-10-17(15-20)22(24)27-16-18-9-6-7-14-21(18)28-19-11-4-3-5-12-19/h3-15H,16H2,1-2H3. The maximum absolute atomic E-state index is 12.5. The number of carbonyl (C=O) groups is 1. The highest BCUT2D eigenvalue weighted by Crippen LogP contribution is 2.26. The molecular weight excluding hydrogens is 390 g/mol. The average molecular weight is 411 g/mol. The topological polar surface area (TPSA) is 72.9 Å². The van der Waals surface area contributed by atoms with E-state index in [-0.39, 0.29) is 17.1 Å². The van der Waals surface area contributed by atoms with Crippen LogP contribution in [0.5, 0.6) is 11.5 Å². The molecule has 29 heavy (non-hydrogen) atoms. The number of esters is 1. The molecule has 3 aromatic carbocycles. The fourth-order valence-electron chi connectivity index (χ4n) is 2.56. The van der Waals surface area contributed by atoms with Crippen LogP contribution in [0, 0.1) is 0 Å². The normalized spacial score (nSPS) is 11.3. The van der Waals surface area contributed by atoms with E-state index in [1.54, 1.807) is 12.1 Å². The second kappa shape index (κ2) is 8.89. The van der Waals surface area contributed by atoms with Crippen molar-refractivity contribution in [3.05, 3.63) is 90.0 Å². The molecule has 0 fully saturated rings. The number of para-hydroxylation sites is 2. The largest absolute Gasteiger partial charge is 0.457 e. The van der Waals surface area contributed by atoms with Crippen molar-refractivity contribution in [1.82, 2.24) is 4.31 Å². The lowest BCUT2D eigenvalue weighted by molar-refractivity contribution is 0.0470. The van der Waals surface area contributed by atoms with E-state index < -0.39 is 16.0 Å². The van der Waals surface area contributed by atoms with Crippen LogP contribution < -0.4 is 4.74 Å². The molecule has 150 valence electrons. The number of hydrogen-bond acceptors (Lipinski definition) is 5. The van der Waals surface area contributed by atoms with Crippen molar-refractivity contribution in [1.29, 1.82) is 0 Å². The van der Waals surface area contributed by atoms with Gasteiger partial charge in [-0.15, -0.1) is 0 Å². The number of carbonyl (C=O) groups excluding carboxylic acids is 1. The quantitative estimate of drug-likeness (QED) is 0.548. The van der Waals surface area contributed by atoms with Crippen LogP contribution in [0.25, 0.3) is 0 Å². The van der Waals surface area contributed by atoms with E-state index in [1.165, 1.54) is 38.4 Å². The predicted octanol–water partition coefficient (Wildman–Crippen LogP) is 4.09. The summed E-state index contributed by atoms with van der Waals surface area (Å²) < 4.78 is 36.9. The maximum atomic E-state index is 12.5. The molecule has 0 aromatic heterocycles. The third-order valence-corrected chi connectivity index (χ3v) is 5.96. The molecule has 0 atom stereocenters. The second-order valence-electron chi connectivity index (χ2n) is 6.41. The molecule has 0 spiro atoms. The molecule has 3 aromatic rings. The van der Waals surface area contributed by atoms with Crippen molar-refractivity contribution in [2.75, 3.05) is 14.1 Å². The van der Waals surface area contributed by atoms with Crippen molar-refractivity contribution < 1.29 is 22.7 Å². The molecule has 0 heterocycles. The molecule has 0 bridgehead atoms. The lowest BCUT2D eigenvalue weighted by atomic mass is 10.2. The summed E-state index contributed by atoms with van der Waals surface area (Å²) in [5, 5.41) is 0. The van der Waals surface area contributed by atoms with E-state index in [2.05, 4.69) is 0 Å². The summed E-state index contributed by atoms with van der Waals surface area (Å²) in [6.07, 6.45) is 0. The van der Waals surface area contributed by atoms with Crippen molar-refractivity contribution in [2.24, 2.45) is 0 Å². The Morgan fingerprint density at radius 3 is 2.31 bits per heavy atom. The van der Waals surface area contributed by atoms with Gasteiger partial charge >= 0.3 is 5.97 Å². The van der Waals surface area contributed by atoms with Gasteiger partial charge in [-0.2, -0.15) is 0 Å². The zero-order valence-corrected chi connectivity index (χ0v) is 16.9. The summed E-state index contributed by atoms with van der Waals surface area (Å²) in [4.78, 5) is 12.5. The third kappa shape index (κ3) is 5.01. The van der Waals surface area contributed by atoms with Crippen LogP contribution in [0.1, 0.15) is 15.9 Å². The third-order valence-electron chi connectivity index (χ3n) is 4.15.